The fraction of sp³-hybridized carbons (Fsp3) is 0.667. The molecule has 0 atom stereocenters. The minimum atomic E-state index is 0.689. The zero-order chi connectivity index (χ0) is 14.9. The molecule has 0 spiro atoms. The van der Waals surface area contributed by atoms with Gasteiger partial charge in [-0.15, -0.1) is 0 Å². The average Bonchev–Trinajstić information content (AvgIpc) is 2.98. The van der Waals surface area contributed by atoms with Crippen molar-refractivity contribution >= 4 is 0 Å². The lowest BCUT2D eigenvalue weighted by molar-refractivity contribution is 0.0987. The molecule has 2 rings (SSSR count). The molecule has 1 aliphatic rings. The van der Waals surface area contributed by atoms with E-state index in [2.05, 4.69) is 48.3 Å². The number of nitrogens with zero attached hydrogens (tertiary/aromatic N) is 1. The smallest absolute Gasteiger partial charge is 0.0720 e. The van der Waals surface area contributed by atoms with Crippen LogP contribution < -0.4 is 5.32 Å². The molecule has 1 heterocycles. The quantitative estimate of drug-likeness (QED) is 0.708. The molecule has 1 N–H and O–H groups in total. The van der Waals surface area contributed by atoms with Gasteiger partial charge in [-0.1, -0.05) is 38.1 Å². The molecule has 3 nitrogen and oxygen atoms in total. The van der Waals surface area contributed by atoms with E-state index in [1.165, 1.54) is 37.1 Å². The van der Waals surface area contributed by atoms with Gasteiger partial charge in [-0.2, -0.15) is 0 Å². The second-order valence-corrected chi connectivity index (χ2v) is 6.39. The zero-order valence-corrected chi connectivity index (χ0v) is 13.6. The van der Waals surface area contributed by atoms with Crippen molar-refractivity contribution < 1.29 is 4.74 Å². The summed E-state index contributed by atoms with van der Waals surface area (Å²) in [4.78, 5) is 2.50. The highest BCUT2D eigenvalue weighted by atomic mass is 16.5. The highest BCUT2D eigenvalue weighted by Gasteiger charge is 2.10. The van der Waals surface area contributed by atoms with E-state index in [4.69, 9.17) is 4.74 Å². The number of ether oxygens (including phenoxy) is 1. The Morgan fingerprint density at radius 2 is 1.86 bits per heavy atom. The van der Waals surface area contributed by atoms with Gasteiger partial charge in [-0.25, -0.2) is 0 Å². The van der Waals surface area contributed by atoms with Crippen molar-refractivity contribution in [2.24, 2.45) is 5.92 Å². The van der Waals surface area contributed by atoms with Gasteiger partial charge in [-0.3, -0.25) is 0 Å². The predicted octanol–water partition coefficient (Wildman–Crippen LogP) is 3.04. The van der Waals surface area contributed by atoms with Crippen molar-refractivity contribution in [2.45, 2.75) is 39.8 Å². The largest absolute Gasteiger partial charge is 0.375 e. The molecule has 0 saturated carbocycles. The van der Waals surface area contributed by atoms with E-state index < -0.39 is 0 Å². The summed E-state index contributed by atoms with van der Waals surface area (Å²) in [6.07, 6.45) is 2.70. The molecule has 1 fully saturated rings. The molecular weight excluding hydrogens is 260 g/mol. The lowest BCUT2D eigenvalue weighted by Crippen LogP contribution is -2.24. The molecule has 0 bridgehead atoms. The van der Waals surface area contributed by atoms with Gasteiger partial charge >= 0.3 is 0 Å². The van der Waals surface area contributed by atoms with Gasteiger partial charge in [0.15, 0.2) is 0 Å². The van der Waals surface area contributed by atoms with E-state index in [1.807, 2.05) is 0 Å². The second kappa shape index (κ2) is 9.19. The van der Waals surface area contributed by atoms with Gasteiger partial charge in [0, 0.05) is 13.1 Å². The lowest BCUT2D eigenvalue weighted by Gasteiger charge is -2.15. The summed E-state index contributed by atoms with van der Waals surface area (Å²) in [5.74, 6) is 0.689. The average molecular weight is 290 g/mol. The molecule has 0 unspecified atom stereocenters. The maximum atomic E-state index is 5.88. The van der Waals surface area contributed by atoms with Crippen molar-refractivity contribution in [3.05, 3.63) is 35.4 Å². The first kappa shape index (κ1) is 16.5. The summed E-state index contributed by atoms with van der Waals surface area (Å²) in [5, 5.41) is 3.51. The van der Waals surface area contributed by atoms with Gasteiger partial charge in [0.1, 0.15) is 0 Å². The lowest BCUT2D eigenvalue weighted by atomic mass is 10.1. The van der Waals surface area contributed by atoms with Gasteiger partial charge in [-0.05, 0) is 49.5 Å². The molecule has 21 heavy (non-hydrogen) atoms. The summed E-state index contributed by atoms with van der Waals surface area (Å²) in [7, 11) is 0. The highest BCUT2D eigenvalue weighted by Crippen LogP contribution is 2.11. The van der Waals surface area contributed by atoms with Crippen LogP contribution in [0.2, 0.25) is 0 Å². The van der Waals surface area contributed by atoms with Crippen LogP contribution in [0, 0.1) is 5.92 Å². The number of likely N-dealkylation sites (tertiary alicyclic amines) is 1. The Kier molecular flexibility index (Phi) is 7.20. The summed E-state index contributed by atoms with van der Waals surface area (Å²) < 4.78 is 5.88. The Hall–Kier alpha value is -0.900. The summed E-state index contributed by atoms with van der Waals surface area (Å²) in [6.45, 7) is 11.6. The minimum absolute atomic E-state index is 0.689. The van der Waals surface area contributed by atoms with Crippen LogP contribution in [0.5, 0.6) is 0 Å². The first-order valence-electron chi connectivity index (χ1n) is 8.33. The Bertz CT molecular complexity index is 400. The molecular formula is C18H30N2O. The monoisotopic (exact) mass is 290 g/mol. The van der Waals surface area contributed by atoms with Crippen molar-refractivity contribution in [2.75, 3.05) is 32.8 Å². The van der Waals surface area contributed by atoms with Crippen LogP contribution in [0.3, 0.4) is 0 Å². The predicted molar refractivity (Wildman–Crippen MR) is 88.3 cm³/mol. The van der Waals surface area contributed by atoms with E-state index in [0.29, 0.717) is 5.92 Å². The molecule has 0 aliphatic carbocycles. The number of hydrogen-bond acceptors (Lipinski definition) is 3. The van der Waals surface area contributed by atoms with Crippen LogP contribution in [0.25, 0.3) is 0 Å². The van der Waals surface area contributed by atoms with Crippen LogP contribution in [-0.2, 0) is 17.9 Å². The van der Waals surface area contributed by atoms with Gasteiger partial charge in [0.25, 0.3) is 0 Å². The van der Waals surface area contributed by atoms with E-state index >= 15 is 0 Å². The van der Waals surface area contributed by atoms with E-state index in [1.54, 1.807) is 0 Å². The molecule has 118 valence electrons. The SMILES string of the molecule is CC(C)CNCc1ccccc1COCCN1CCCC1. The number of rotatable bonds is 9. The fourth-order valence-corrected chi connectivity index (χ4v) is 2.75. The van der Waals surface area contributed by atoms with Crippen molar-refractivity contribution in [3.8, 4) is 0 Å². The van der Waals surface area contributed by atoms with E-state index in [-0.39, 0.29) is 0 Å². The molecule has 1 aromatic rings. The Labute approximate surface area is 129 Å². The molecule has 0 aromatic heterocycles. The maximum absolute atomic E-state index is 5.88. The van der Waals surface area contributed by atoms with Gasteiger partial charge in [0.2, 0.25) is 0 Å². The van der Waals surface area contributed by atoms with Crippen LogP contribution in [0.1, 0.15) is 37.8 Å². The third kappa shape index (κ3) is 6.16. The number of nitrogens with one attached hydrogen (secondary N) is 1. The Morgan fingerprint density at radius 3 is 2.57 bits per heavy atom. The molecule has 1 aliphatic heterocycles. The van der Waals surface area contributed by atoms with Crippen LogP contribution >= 0.6 is 0 Å². The molecule has 0 radical (unpaired) electrons. The molecule has 1 aromatic carbocycles. The summed E-state index contributed by atoms with van der Waals surface area (Å²) >= 11 is 0. The zero-order valence-electron chi connectivity index (χ0n) is 13.6. The summed E-state index contributed by atoms with van der Waals surface area (Å²) in [6, 6.07) is 8.60. The maximum Gasteiger partial charge on any atom is 0.0720 e. The second-order valence-electron chi connectivity index (χ2n) is 6.39. The minimum Gasteiger partial charge on any atom is -0.375 e. The Balaban J connectivity index is 1.71. The third-order valence-electron chi connectivity index (χ3n) is 3.99. The number of benzene rings is 1. The topological polar surface area (TPSA) is 24.5 Å². The normalized spacial score (nSPS) is 16.0. The third-order valence-corrected chi connectivity index (χ3v) is 3.99. The molecule has 0 amide bonds. The van der Waals surface area contributed by atoms with Crippen molar-refractivity contribution in [3.63, 3.8) is 0 Å². The van der Waals surface area contributed by atoms with Gasteiger partial charge in [0.05, 0.1) is 13.2 Å². The molecule has 1 saturated heterocycles. The standard InChI is InChI=1S/C18H30N2O/c1-16(2)13-19-14-17-7-3-4-8-18(17)15-21-12-11-20-9-5-6-10-20/h3-4,7-8,16,19H,5-6,9-15H2,1-2H3. The fourth-order valence-electron chi connectivity index (χ4n) is 2.75. The van der Waals surface area contributed by atoms with Crippen molar-refractivity contribution in [1.29, 1.82) is 0 Å². The van der Waals surface area contributed by atoms with Crippen LogP contribution in [-0.4, -0.2) is 37.7 Å². The first-order chi connectivity index (χ1) is 10.3. The highest BCUT2D eigenvalue weighted by molar-refractivity contribution is 5.26. The number of hydrogen-bond donors (Lipinski definition) is 1. The van der Waals surface area contributed by atoms with Crippen LogP contribution in [0.15, 0.2) is 24.3 Å². The van der Waals surface area contributed by atoms with Crippen molar-refractivity contribution in [1.82, 2.24) is 10.2 Å². The first-order valence-corrected chi connectivity index (χ1v) is 8.33. The van der Waals surface area contributed by atoms with E-state index in [0.717, 1.165) is 32.8 Å². The van der Waals surface area contributed by atoms with Crippen LogP contribution in [0.4, 0.5) is 0 Å². The Morgan fingerprint density at radius 1 is 1.14 bits per heavy atom. The van der Waals surface area contributed by atoms with Gasteiger partial charge < -0.3 is 15.0 Å². The molecule has 3 heteroatoms. The summed E-state index contributed by atoms with van der Waals surface area (Å²) in [5.41, 5.74) is 2.68. The van der Waals surface area contributed by atoms with E-state index in [9.17, 15) is 0 Å².